The first-order valence-electron chi connectivity index (χ1n) is 9.67. The van der Waals surface area contributed by atoms with Gasteiger partial charge in [0.15, 0.2) is 0 Å². The molecule has 2 heterocycles. The maximum absolute atomic E-state index is 13.0. The first-order valence-corrected chi connectivity index (χ1v) is 10.5. The molecule has 0 saturated carbocycles. The second-order valence-corrected chi connectivity index (χ2v) is 7.73. The SMILES string of the molecule is COc1ccc(-c2csc3c(=O)n(CC(=O)Nc4cc(OC)ccc4OC)cnc23)cc1. The van der Waals surface area contributed by atoms with E-state index in [1.165, 1.54) is 36.5 Å². The number of fused-ring (bicyclic) bond motifs is 1. The van der Waals surface area contributed by atoms with Gasteiger partial charge >= 0.3 is 0 Å². The number of ether oxygens (including phenoxy) is 3. The molecule has 0 fully saturated rings. The molecule has 1 N–H and O–H groups in total. The van der Waals surface area contributed by atoms with Crippen molar-refractivity contribution in [2.24, 2.45) is 0 Å². The first-order chi connectivity index (χ1) is 15.5. The highest BCUT2D eigenvalue weighted by atomic mass is 32.1. The minimum Gasteiger partial charge on any atom is -0.497 e. The third-order valence-corrected chi connectivity index (χ3v) is 5.90. The molecule has 0 spiro atoms. The maximum atomic E-state index is 13.0. The van der Waals surface area contributed by atoms with Gasteiger partial charge in [-0.15, -0.1) is 11.3 Å². The van der Waals surface area contributed by atoms with Crippen LogP contribution in [-0.4, -0.2) is 36.8 Å². The fourth-order valence-corrected chi connectivity index (χ4v) is 4.26. The minimum atomic E-state index is -0.383. The molecule has 2 aromatic heterocycles. The van der Waals surface area contributed by atoms with E-state index in [2.05, 4.69) is 10.3 Å². The van der Waals surface area contributed by atoms with Crippen molar-refractivity contribution in [2.45, 2.75) is 6.54 Å². The third-order valence-electron chi connectivity index (χ3n) is 4.94. The van der Waals surface area contributed by atoms with Crippen LogP contribution in [0.15, 0.2) is 59.0 Å². The van der Waals surface area contributed by atoms with Gasteiger partial charge in [-0.25, -0.2) is 4.98 Å². The van der Waals surface area contributed by atoms with Crippen LogP contribution in [-0.2, 0) is 11.3 Å². The maximum Gasteiger partial charge on any atom is 0.271 e. The molecule has 2 aromatic carbocycles. The Morgan fingerprint density at radius 3 is 2.44 bits per heavy atom. The zero-order valence-corrected chi connectivity index (χ0v) is 18.6. The van der Waals surface area contributed by atoms with Crippen molar-refractivity contribution in [1.82, 2.24) is 9.55 Å². The van der Waals surface area contributed by atoms with Crippen LogP contribution in [0, 0.1) is 0 Å². The second-order valence-electron chi connectivity index (χ2n) is 6.85. The molecule has 164 valence electrons. The lowest BCUT2D eigenvalue weighted by Crippen LogP contribution is -2.27. The zero-order chi connectivity index (χ0) is 22.7. The summed E-state index contributed by atoms with van der Waals surface area (Å²) in [5.74, 6) is 1.43. The van der Waals surface area contributed by atoms with E-state index in [1.807, 2.05) is 29.6 Å². The predicted octanol–water partition coefficient (Wildman–Crippen LogP) is 3.79. The number of nitrogens with zero attached hydrogens (tertiary/aromatic N) is 2. The highest BCUT2D eigenvalue weighted by molar-refractivity contribution is 7.17. The average Bonchev–Trinajstić information content (AvgIpc) is 3.25. The van der Waals surface area contributed by atoms with Gasteiger partial charge < -0.3 is 19.5 Å². The van der Waals surface area contributed by atoms with Gasteiger partial charge in [0.05, 0.1) is 38.9 Å². The van der Waals surface area contributed by atoms with Crippen molar-refractivity contribution in [3.8, 4) is 28.4 Å². The Hall–Kier alpha value is -3.85. The fourth-order valence-electron chi connectivity index (χ4n) is 3.29. The lowest BCUT2D eigenvalue weighted by atomic mass is 10.1. The monoisotopic (exact) mass is 451 g/mol. The summed E-state index contributed by atoms with van der Waals surface area (Å²) in [5.41, 5.74) is 2.59. The summed E-state index contributed by atoms with van der Waals surface area (Å²) in [7, 11) is 4.66. The molecular weight excluding hydrogens is 430 g/mol. The van der Waals surface area contributed by atoms with Gasteiger partial charge in [-0.2, -0.15) is 0 Å². The van der Waals surface area contributed by atoms with Crippen molar-refractivity contribution in [3.63, 3.8) is 0 Å². The molecule has 0 radical (unpaired) electrons. The van der Waals surface area contributed by atoms with E-state index in [0.717, 1.165) is 16.9 Å². The van der Waals surface area contributed by atoms with Crippen LogP contribution in [0.2, 0.25) is 0 Å². The fraction of sp³-hybridized carbons (Fsp3) is 0.174. The molecule has 0 aliphatic carbocycles. The average molecular weight is 452 g/mol. The van der Waals surface area contributed by atoms with Crippen molar-refractivity contribution in [1.29, 1.82) is 0 Å². The number of carbonyl (C=O) groups excluding carboxylic acids is 1. The van der Waals surface area contributed by atoms with E-state index in [-0.39, 0.29) is 18.0 Å². The van der Waals surface area contributed by atoms with E-state index in [9.17, 15) is 9.59 Å². The Bertz CT molecular complexity index is 1330. The van der Waals surface area contributed by atoms with Crippen LogP contribution < -0.4 is 25.1 Å². The lowest BCUT2D eigenvalue weighted by molar-refractivity contribution is -0.116. The van der Waals surface area contributed by atoms with Crippen LogP contribution in [0.5, 0.6) is 17.2 Å². The molecule has 4 rings (SSSR count). The van der Waals surface area contributed by atoms with Gasteiger partial charge in [-0.1, -0.05) is 12.1 Å². The number of nitrogens with one attached hydrogen (secondary N) is 1. The van der Waals surface area contributed by atoms with E-state index < -0.39 is 0 Å². The molecule has 0 unspecified atom stereocenters. The molecule has 32 heavy (non-hydrogen) atoms. The van der Waals surface area contributed by atoms with Gasteiger partial charge in [0.2, 0.25) is 5.91 Å². The highest BCUT2D eigenvalue weighted by Crippen LogP contribution is 2.32. The Labute approximate surface area is 188 Å². The first kappa shape index (κ1) is 21.4. The topological polar surface area (TPSA) is 91.7 Å². The molecule has 8 nitrogen and oxygen atoms in total. The van der Waals surface area contributed by atoms with Crippen LogP contribution in [0.4, 0.5) is 5.69 Å². The van der Waals surface area contributed by atoms with Crippen LogP contribution >= 0.6 is 11.3 Å². The summed E-state index contributed by atoms with van der Waals surface area (Å²) in [4.78, 5) is 30.1. The van der Waals surface area contributed by atoms with Gasteiger partial charge in [-0.05, 0) is 29.8 Å². The summed E-state index contributed by atoms with van der Waals surface area (Å²) >= 11 is 1.31. The van der Waals surface area contributed by atoms with Crippen molar-refractivity contribution in [2.75, 3.05) is 26.6 Å². The largest absolute Gasteiger partial charge is 0.497 e. The third kappa shape index (κ3) is 4.15. The standard InChI is InChI=1S/C23H21N3O5S/c1-29-15-6-4-14(5-7-15)17-12-32-22-21(17)24-13-26(23(22)28)11-20(27)25-18-10-16(30-2)8-9-19(18)31-3/h4-10,12-13H,11H2,1-3H3,(H,25,27). The number of benzene rings is 2. The molecule has 1 amide bonds. The number of thiophene rings is 1. The van der Waals surface area contributed by atoms with Crippen LogP contribution in [0.1, 0.15) is 0 Å². The Morgan fingerprint density at radius 1 is 1.03 bits per heavy atom. The number of carbonyl (C=O) groups is 1. The van der Waals surface area contributed by atoms with E-state index in [1.54, 1.807) is 25.3 Å². The molecule has 0 saturated heterocycles. The quantitative estimate of drug-likeness (QED) is 0.460. The summed E-state index contributed by atoms with van der Waals surface area (Å²) in [5, 5.41) is 4.66. The molecule has 0 aliphatic rings. The molecule has 4 aromatic rings. The van der Waals surface area contributed by atoms with Crippen molar-refractivity contribution < 1.29 is 19.0 Å². The molecule has 0 atom stereocenters. The number of amides is 1. The zero-order valence-electron chi connectivity index (χ0n) is 17.7. The Kier molecular flexibility index (Phi) is 6.09. The predicted molar refractivity (Wildman–Crippen MR) is 124 cm³/mol. The normalized spacial score (nSPS) is 10.7. The van der Waals surface area contributed by atoms with Crippen LogP contribution in [0.25, 0.3) is 21.3 Å². The molecular formula is C23H21N3O5S. The summed E-state index contributed by atoms with van der Waals surface area (Å²) < 4.78 is 17.5. The highest BCUT2D eigenvalue weighted by Gasteiger charge is 2.15. The van der Waals surface area contributed by atoms with Gasteiger partial charge in [0, 0.05) is 17.0 Å². The van der Waals surface area contributed by atoms with E-state index in [4.69, 9.17) is 14.2 Å². The van der Waals surface area contributed by atoms with Crippen LogP contribution in [0.3, 0.4) is 0 Å². The summed E-state index contributed by atoms with van der Waals surface area (Å²) in [6.45, 7) is -0.183. The van der Waals surface area contributed by atoms with Gasteiger partial charge in [0.25, 0.3) is 5.56 Å². The Balaban J connectivity index is 1.59. The van der Waals surface area contributed by atoms with Gasteiger partial charge in [-0.3, -0.25) is 14.2 Å². The number of hydrogen-bond acceptors (Lipinski definition) is 7. The Morgan fingerprint density at radius 2 is 1.75 bits per heavy atom. The number of methoxy groups -OCH3 is 3. The van der Waals surface area contributed by atoms with Crippen molar-refractivity contribution in [3.05, 3.63) is 64.5 Å². The molecule has 0 bridgehead atoms. The number of hydrogen-bond donors (Lipinski definition) is 1. The van der Waals surface area contributed by atoms with Crippen molar-refractivity contribution >= 4 is 33.1 Å². The smallest absolute Gasteiger partial charge is 0.271 e. The van der Waals surface area contributed by atoms with E-state index in [0.29, 0.717) is 27.4 Å². The number of anilines is 1. The summed E-state index contributed by atoms with van der Waals surface area (Å²) in [6.07, 6.45) is 1.40. The second kappa shape index (κ2) is 9.11. The molecule has 0 aliphatic heterocycles. The van der Waals surface area contributed by atoms with E-state index >= 15 is 0 Å². The summed E-state index contributed by atoms with van der Waals surface area (Å²) in [6, 6.07) is 12.6. The number of aromatic nitrogens is 2. The molecule has 9 heteroatoms. The lowest BCUT2D eigenvalue weighted by Gasteiger charge is -2.12. The minimum absolute atomic E-state index is 0.183. The van der Waals surface area contributed by atoms with Gasteiger partial charge in [0.1, 0.15) is 28.5 Å². The number of rotatable bonds is 7.